The molecule has 0 aliphatic heterocycles. The van der Waals surface area contributed by atoms with Gasteiger partial charge in [-0.05, 0) is 23.8 Å². The van der Waals surface area contributed by atoms with Gasteiger partial charge in [-0.1, -0.05) is 60.1 Å². The highest BCUT2D eigenvalue weighted by atomic mass is 35.5. The summed E-state index contributed by atoms with van der Waals surface area (Å²) in [5.74, 6) is 0. The predicted molar refractivity (Wildman–Crippen MR) is 89.8 cm³/mol. The van der Waals surface area contributed by atoms with E-state index in [1.54, 1.807) is 0 Å². The van der Waals surface area contributed by atoms with E-state index in [1.165, 1.54) is 25.7 Å². The Bertz CT molecular complexity index is 907. The SMILES string of the molecule is Clc1ccc2sc3ccccc3c2c1-c1ccccc1. The second-order valence-corrected chi connectivity index (χ2v) is 6.25. The molecule has 3 aromatic carbocycles. The van der Waals surface area contributed by atoms with E-state index in [-0.39, 0.29) is 0 Å². The maximum atomic E-state index is 6.50. The molecule has 0 radical (unpaired) electrons. The van der Waals surface area contributed by atoms with Crippen molar-refractivity contribution in [2.45, 2.75) is 0 Å². The zero-order valence-corrected chi connectivity index (χ0v) is 12.2. The van der Waals surface area contributed by atoms with Crippen molar-refractivity contribution in [3.8, 4) is 11.1 Å². The molecule has 4 aromatic rings. The average molecular weight is 295 g/mol. The van der Waals surface area contributed by atoms with Gasteiger partial charge in [-0.25, -0.2) is 0 Å². The third-order valence-corrected chi connectivity index (χ3v) is 5.01. The summed E-state index contributed by atoms with van der Waals surface area (Å²) in [7, 11) is 0. The monoisotopic (exact) mass is 294 g/mol. The van der Waals surface area contributed by atoms with Crippen LogP contribution in [-0.2, 0) is 0 Å². The van der Waals surface area contributed by atoms with Crippen molar-refractivity contribution in [1.29, 1.82) is 0 Å². The van der Waals surface area contributed by atoms with Crippen LogP contribution >= 0.6 is 22.9 Å². The van der Waals surface area contributed by atoms with E-state index in [0.717, 1.165) is 10.6 Å². The smallest absolute Gasteiger partial charge is 0.0491 e. The van der Waals surface area contributed by atoms with Crippen molar-refractivity contribution < 1.29 is 0 Å². The van der Waals surface area contributed by atoms with Crippen LogP contribution in [0.25, 0.3) is 31.3 Å². The van der Waals surface area contributed by atoms with Crippen molar-refractivity contribution in [2.75, 3.05) is 0 Å². The number of hydrogen-bond donors (Lipinski definition) is 0. The highest BCUT2D eigenvalue weighted by Crippen LogP contribution is 2.43. The fourth-order valence-corrected chi connectivity index (χ4v) is 4.06. The molecule has 0 fully saturated rings. The molecule has 20 heavy (non-hydrogen) atoms. The van der Waals surface area contributed by atoms with Gasteiger partial charge in [-0.3, -0.25) is 0 Å². The third kappa shape index (κ3) is 1.75. The predicted octanol–water partition coefficient (Wildman–Crippen LogP) is 6.37. The van der Waals surface area contributed by atoms with E-state index in [4.69, 9.17) is 11.6 Å². The Labute approximate surface area is 126 Å². The number of hydrogen-bond acceptors (Lipinski definition) is 1. The number of benzene rings is 3. The van der Waals surface area contributed by atoms with E-state index in [0.29, 0.717) is 0 Å². The number of thiophene rings is 1. The summed E-state index contributed by atoms with van der Waals surface area (Å²) in [6.07, 6.45) is 0. The molecule has 0 spiro atoms. The van der Waals surface area contributed by atoms with Crippen LogP contribution in [0.3, 0.4) is 0 Å². The molecule has 0 amide bonds. The first-order chi connectivity index (χ1) is 9.84. The van der Waals surface area contributed by atoms with Gasteiger partial charge in [0, 0.05) is 30.8 Å². The van der Waals surface area contributed by atoms with Crippen LogP contribution in [0, 0.1) is 0 Å². The number of rotatable bonds is 1. The van der Waals surface area contributed by atoms with Crippen LogP contribution in [0.2, 0.25) is 5.02 Å². The molecule has 0 saturated heterocycles. The summed E-state index contributed by atoms with van der Waals surface area (Å²) in [5, 5.41) is 3.37. The Morgan fingerprint density at radius 1 is 0.700 bits per heavy atom. The van der Waals surface area contributed by atoms with Gasteiger partial charge >= 0.3 is 0 Å². The summed E-state index contributed by atoms with van der Waals surface area (Å²) in [4.78, 5) is 0. The summed E-state index contributed by atoms with van der Waals surface area (Å²) in [6, 6.07) is 23.0. The van der Waals surface area contributed by atoms with E-state index in [2.05, 4.69) is 54.6 Å². The van der Waals surface area contributed by atoms with Crippen LogP contribution in [0.4, 0.5) is 0 Å². The van der Waals surface area contributed by atoms with Gasteiger partial charge in [0.25, 0.3) is 0 Å². The lowest BCUT2D eigenvalue weighted by Gasteiger charge is -2.07. The lowest BCUT2D eigenvalue weighted by molar-refractivity contribution is 1.67. The van der Waals surface area contributed by atoms with Crippen molar-refractivity contribution >= 4 is 43.1 Å². The maximum Gasteiger partial charge on any atom is 0.0491 e. The van der Waals surface area contributed by atoms with Crippen LogP contribution in [0.5, 0.6) is 0 Å². The molecule has 0 unspecified atom stereocenters. The van der Waals surface area contributed by atoms with Crippen molar-refractivity contribution in [1.82, 2.24) is 0 Å². The zero-order valence-electron chi connectivity index (χ0n) is 10.6. The number of fused-ring (bicyclic) bond motifs is 3. The molecule has 0 aliphatic rings. The minimum Gasteiger partial charge on any atom is -0.135 e. The van der Waals surface area contributed by atoms with Crippen LogP contribution < -0.4 is 0 Å². The molecule has 0 aliphatic carbocycles. The summed E-state index contributed by atoms with van der Waals surface area (Å²) >= 11 is 8.32. The van der Waals surface area contributed by atoms with Crippen molar-refractivity contribution in [2.24, 2.45) is 0 Å². The first-order valence-corrected chi connectivity index (χ1v) is 7.69. The van der Waals surface area contributed by atoms with Gasteiger partial charge in [0.05, 0.1) is 0 Å². The zero-order chi connectivity index (χ0) is 13.5. The summed E-state index contributed by atoms with van der Waals surface area (Å²) in [6.45, 7) is 0. The van der Waals surface area contributed by atoms with Gasteiger partial charge in [0.2, 0.25) is 0 Å². The van der Waals surface area contributed by atoms with Gasteiger partial charge < -0.3 is 0 Å². The summed E-state index contributed by atoms with van der Waals surface area (Å²) < 4.78 is 2.59. The Kier molecular flexibility index (Phi) is 2.76. The molecule has 1 heterocycles. The Balaban J connectivity index is 2.21. The van der Waals surface area contributed by atoms with Gasteiger partial charge in [0.1, 0.15) is 0 Å². The maximum absolute atomic E-state index is 6.50. The molecule has 0 atom stereocenters. The lowest BCUT2D eigenvalue weighted by Crippen LogP contribution is -1.81. The molecular weight excluding hydrogens is 284 g/mol. The van der Waals surface area contributed by atoms with Gasteiger partial charge in [0.15, 0.2) is 0 Å². The van der Waals surface area contributed by atoms with E-state index >= 15 is 0 Å². The topological polar surface area (TPSA) is 0 Å². The third-order valence-electron chi connectivity index (χ3n) is 3.56. The highest BCUT2D eigenvalue weighted by molar-refractivity contribution is 7.26. The molecular formula is C18H11ClS. The molecule has 1 aromatic heterocycles. The standard InChI is InChI=1S/C18H11ClS/c19-14-10-11-16-18(13-8-4-5-9-15(13)20-16)17(14)12-6-2-1-3-7-12/h1-11H. The first-order valence-electron chi connectivity index (χ1n) is 6.50. The number of halogens is 1. The molecule has 0 saturated carbocycles. The average Bonchev–Trinajstić information content (AvgIpc) is 2.87. The molecule has 96 valence electrons. The van der Waals surface area contributed by atoms with Gasteiger partial charge in [-0.15, -0.1) is 11.3 Å². The Morgan fingerprint density at radius 3 is 2.30 bits per heavy atom. The minimum atomic E-state index is 0.812. The lowest BCUT2D eigenvalue weighted by atomic mass is 9.99. The largest absolute Gasteiger partial charge is 0.135 e. The van der Waals surface area contributed by atoms with Crippen molar-refractivity contribution in [3.63, 3.8) is 0 Å². The first kappa shape index (κ1) is 12.0. The van der Waals surface area contributed by atoms with Crippen LogP contribution in [0.15, 0.2) is 66.7 Å². The fraction of sp³-hybridized carbons (Fsp3) is 0. The van der Waals surface area contributed by atoms with Crippen LogP contribution in [-0.4, -0.2) is 0 Å². The Morgan fingerprint density at radius 2 is 1.45 bits per heavy atom. The second kappa shape index (κ2) is 4.62. The molecule has 0 N–H and O–H groups in total. The normalized spacial score (nSPS) is 11.2. The molecule has 2 heteroatoms. The van der Waals surface area contributed by atoms with E-state index in [1.807, 2.05) is 23.5 Å². The Hall–Kier alpha value is -1.83. The van der Waals surface area contributed by atoms with Crippen molar-refractivity contribution in [3.05, 3.63) is 71.8 Å². The fourth-order valence-electron chi connectivity index (χ4n) is 2.68. The van der Waals surface area contributed by atoms with Crippen LogP contribution in [0.1, 0.15) is 0 Å². The molecule has 4 rings (SSSR count). The van der Waals surface area contributed by atoms with E-state index in [9.17, 15) is 0 Å². The van der Waals surface area contributed by atoms with Gasteiger partial charge in [-0.2, -0.15) is 0 Å². The second-order valence-electron chi connectivity index (χ2n) is 4.76. The van der Waals surface area contributed by atoms with E-state index < -0.39 is 0 Å². The molecule has 0 nitrogen and oxygen atoms in total. The minimum absolute atomic E-state index is 0.812. The molecule has 0 bridgehead atoms. The summed E-state index contributed by atoms with van der Waals surface area (Å²) in [5.41, 5.74) is 2.31. The quantitative estimate of drug-likeness (QED) is 0.382. The highest BCUT2D eigenvalue weighted by Gasteiger charge is 2.13.